The third-order valence-corrected chi connectivity index (χ3v) is 6.16. The second kappa shape index (κ2) is 15.3. The number of nitro benzene ring substituents is 3. The number of rotatable bonds is 15. The summed E-state index contributed by atoms with van der Waals surface area (Å²) in [6.07, 6.45) is 0. The Morgan fingerprint density at radius 1 is 0.488 bits per heavy atom. The van der Waals surface area contributed by atoms with Crippen molar-refractivity contribution >= 4 is 34.8 Å². The molecule has 3 amide bonds. The zero-order chi connectivity index (χ0) is 31.4. The van der Waals surface area contributed by atoms with Crippen molar-refractivity contribution in [2.45, 2.75) is 0 Å². The lowest BCUT2D eigenvalue weighted by molar-refractivity contribution is -0.385. The SMILES string of the molecule is O=C(NCCN(CCNC(=O)c1ccc([N+](=O)[O-])cc1)CCNC(=O)c1ccc([N+](=O)[O-])cc1)c1ccc([N+](=O)[O-])cc1. The minimum absolute atomic E-state index is 0.144. The number of carbonyl (C=O) groups is 3. The molecule has 43 heavy (non-hydrogen) atoms. The molecule has 0 fully saturated rings. The molecule has 3 rings (SSSR count). The minimum Gasteiger partial charge on any atom is -0.351 e. The van der Waals surface area contributed by atoms with E-state index in [1.165, 1.54) is 72.8 Å². The van der Waals surface area contributed by atoms with E-state index in [9.17, 15) is 44.7 Å². The Labute approximate surface area is 244 Å². The molecule has 3 aromatic rings. The van der Waals surface area contributed by atoms with Gasteiger partial charge in [-0.2, -0.15) is 0 Å². The maximum Gasteiger partial charge on any atom is 0.269 e. The molecular formula is C27H27N7O9. The molecule has 16 nitrogen and oxygen atoms in total. The van der Waals surface area contributed by atoms with Gasteiger partial charge < -0.3 is 16.0 Å². The van der Waals surface area contributed by atoms with E-state index in [-0.39, 0.29) is 53.4 Å². The first kappa shape index (κ1) is 31.8. The topological polar surface area (TPSA) is 220 Å². The smallest absolute Gasteiger partial charge is 0.269 e. The Kier molecular flexibility index (Phi) is 11.3. The maximum atomic E-state index is 12.5. The molecule has 224 valence electrons. The average Bonchev–Trinajstić information content (AvgIpc) is 3.00. The van der Waals surface area contributed by atoms with Crippen LogP contribution in [0.25, 0.3) is 0 Å². The first-order chi connectivity index (χ1) is 20.5. The number of nitro groups is 3. The van der Waals surface area contributed by atoms with Gasteiger partial charge in [-0.3, -0.25) is 49.6 Å². The van der Waals surface area contributed by atoms with Gasteiger partial charge in [-0.25, -0.2) is 0 Å². The molecule has 0 heterocycles. The molecule has 0 aliphatic rings. The second-order valence-electron chi connectivity index (χ2n) is 9.02. The Balaban J connectivity index is 1.54. The number of non-ortho nitro benzene ring substituents is 3. The third kappa shape index (κ3) is 9.68. The number of amides is 3. The zero-order valence-electron chi connectivity index (χ0n) is 22.6. The van der Waals surface area contributed by atoms with Crippen LogP contribution in [0, 0.1) is 30.3 Å². The summed E-state index contributed by atoms with van der Waals surface area (Å²) in [5.41, 5.74) is 0.284. The fraction of sp³-hybridized carbons (Fsp3) is 0.222. The van der Waals surface area contributed by atoms with Crippen molar-refractivity contribution < 1.29 is 29.2 Å². The number of benzene rings is 3. The molecule has 0 aliphatic carbocycles. The van der Waals surface area contributed by atoms with Crippen LogP contribution in [-0.2, 0) is 0 Å². The molecule has 0 atom stereocenters. The van der Waals surface area contributed by atoms with Gasteiger partial charge in [0.15, 0.2) is 0 Å². The van der Waals surface area contributed by atoms with Gasteiger partial charge in [0.05, 0.1) is 14.8 Å². The van der Waals surface area contributed by atoms with Crippen molar-refractivity contribution in [1.82, 2.24) is 20.9 Å². The molecule has 0 aliphatic heterocycles. The van der Waals surface area contributed by atoms with Crippen LogP contribution in [0.3, 0.4) is 0 Å². The lowest BCUT2D eigenvalue weighted by Gasteiger charge is -2.23. The normalized spacial score (nSPS) is 10.5. The van der Waals surface area contributed by atoms with Crippen LogP contribution in [0.15, 0.2) is 72.8 Å². The van der Waals surface area contributed by atoms with Gasteiger partial charge in [0.2, 0.25) is 0 Å². The largest absolute Gasteiger partial charge is 0.351 e. The van der Waals surface area contributed by atoms with E-state index < -0.39 is 32.5 Å². The van der Waals surface area contributed by atoms with Gasteiger partial charge in [0.25, 0.3) is 34.8 Å². The minimum atomic E-state index is -0.569. The van der Waals surface area contributed by atoms with Gasteiger partial charge in [-0.1, -0.05) is 0 Å². The van der Waals surface area contributed by atoms with Crippen molar-refractivity contribution in [1.29, 1.82) is 0 Å². The van der Waals surface area contributed by atoms with E-state index in [1.807, 2.05) is 4.90 Å². The van der Waals surface area contributed by atoms with E-state index >= 15 is 0 Å². The molecule has 16 heteroatoms. The first-order valence-electron chi connectivity index (χ1n) is 12.9. The van der Waals surface area contributed by atoms with Crippen LogP contribution in [0.1, 0.15) is 31.1 Å². The highest BCUT2D eigenvalue weighted by molar-refractivity contribution is 5.95. The standard InChI is InChI=1S/C27H27N7O9/c35-25(19-1-7-22(8-2-19)32(38)39)28-13-16-31(17-14-29-26(36)20-3-9-23(10-4-20)33(40)41)18-15-30-27(37)21-5-11-24(12-6-21)34(42)43/h1-12H,13-18H2,(H,28,35)(H,29,36)(H,30,37). The summed E-state index contributed by atoms with van der Waals surface area (Å²) in [6, 6.07) is 15.4. The summed E-state index contributed by atoms with van der Waals surface area (Å²) in [5, 5.41) is 40.6. The first-order valence-corrected chi connectivity index (χ1v) is 12.9. The van der Waals surface area contributed by atoms with Crippen LogP contribution in [0.5, 0.6) is 0 Å². The van der Waals surface area contributed by atoms with Crippen molar-refractivity contribution in [3.05, 3.63) is 120 Å². The molecule has 0 saturated heterocycles. The Morgan fingerprint density at radius 2 is 0.721 bits per heavy atom. The van der Waals surface area contributed by atoms with Gasteiger partial charge in [0, 0.05) is 92.4 Å². The number of carbonyl (C=O) groups excluding carboxylic acids is 3. The van der Waals surface area contributed by atoms with Gasteiger partial charge in [0.1, 0.15) is 0 Å². The summed E-state index contributed by atoms with van der Waals surface area (Å²) in [7, 11) is 0. The molecule has 0 radical (unpaired) electrons. The average molecular weight is 594 g/mol. The van der Waals surface area contributed by atoms with Gasteiger partial charge in [-0.05, 0) is 36.4 Å². The predicted octanol–water partition coefficient (Wildman–Crippen LogP) is 2.30. The van der Waals surface area contributed by atoms with Crippen molar-refractivity contribution in [2.24, 2.45) is 0 Å². The molecule has 3 N–H and O–H groups in total. The highest BCUT2D eigenvalue weighted by atomic mass is 16.6. The maximum absolute atomic E-state index is 12.5. The Hall–Kier alpha value is -5.77. The van der Waals surface area contributed by atoms with Gasteiger partial charge in [-0.15, -0.1) is 0 Å². The highest BCUT2D eigenvalue weighted by Crippen LogP contribution is 2.13. The van der Waals surface area contributed by atoms with Crippen LogP contribution in [0.2, 0.25) is 0 Å². The molecule has 0 bridgehead atoms. The number of nitrogens with zero attached hydrogens (tertiary/aromatic N) is 4. The van der Waals surface area contributed by atoms with Crippen LogP contribution in [-0.4, -0.2) is 76.7 Å². The van der Waals surface area contributed by atoms with Crippen molar-refractivity contribution in [3.8, 4) is 0 Å². The van der Waals surface area contributed by atoms with E-state index in [2.05, 4.69) is 16.0 Å². The zero-order valence-corrected chi connectivity index (χ0v) is 22.6. The summed E-state index contributed by atoms with van der Waals surface area (Å²) >= 11 is 0. The van der Waals surface area contributed by atoms with Gasteiger partial charge >= 0.3 is 0 Å². The summed E-state index contributed by atoms with van der Waals surface area (Å²) in [6.45, 7) is 1.51. The fourth-order valence-corrected chi connectivity index (χ4v) is 3.83. The highest BCUT2D eigenvalue weighted by Gasteiger charge is 2.14. The quantitative estimate of drug-likeness (QED) is 0.172. The van der Waals surface area contributed by atoms with Crippen molar-refractivity contribution in [3.63, 3.8) is 0 Å². The second-order valence-corrected chi connectivity index (χ2v) is 9.02. The summed E-state index contributed by atoms with van der Waals surface area (Å²) in [5.74, 6) is -1.31. The van der Waals surface area contributed by atoms with Crippen LogP contribution in [0.4, 0.5) is 17.1 Å². The molecule has 0 saturated carbocycles. The van der Waals surface area contributed by atoms with Crippen LogP contribution >= 0.6 is 0 Å². The fourth-order valence-electron chi connectivity index (χ4n) is 3.83. The lowest BCUT2D eigenvalue weighted by Crippen LogP contribution is -2.43. The Bertz CT molecular complexity index is 1300. The monoisotopic (exact) mass is 593 g/mol. The number of hydrogen-bond donors (Lipinski definition) is 3. The van der Waals surface area contributed by atoms with E-state index in [0.29, 0.717) is 19.6 Å². The molecule has 0 aromatic heterocycles. The van der Waals surface area contributed by atoms with E-state index in [1.54, 1.807) is 0 Å². The number of hydrogen-bond acceptors (Lipinski definition) is 10. The Morgan fingerprint density at radius 3 is 0.930 bits per heavy atom. The molecule has 3 aromatic carbocycles. The summed E-state index contributed by atoms with van der Waals surface area (Å²) < 4.78 is 0. The molecule has 0 spiro atoms. The van der Waals surface area contributed by atoms with Crippen LogP contribution < -0.4 is 16.0 Å². The predicted molar refractivity (Wildman–Crippen MR) is 153 cm³/mol. The van der Waals surface area contributed by atoms with E-state index in [4.69, 9.17) is 0 Å². The van der Waals surface area contributed by atoms with E-state index in [0.717, 1.165) is 0 Å². The third-order valence-electron chi connectivity index (χ3n) is 6.16. The summed E-state index contributed by atoms with van der Waals surface area (Å²) in [4.78, 5) is 70.0. The molecule has 0 unspecified atom stereocenters. The number of nitrogens with one attached hydrogen (secondary N) is 3. The van der Waals surface area contributed by atoms with Crippen molar-refractivity contribution in [2.75, 3.05) is 39.3 Å². The molecular weight excluding hydrogens is 566 g/mol. The lowest BCUT2D eigenvalue weighted by atomic mass is 10.2.